The van der Waals surface area contributed by atoms with Crippen LogP contribution in [0.1, 0.15) is 24.0 Å². The van der Waals surface area contributed by atoms with Crippen molar-refractivity contribution in [3.05, 3.63) is 59.7 Å². The van der Waals surface area contributed by atoms with Gasteiger partial charge in [-0.3, -0.25) is 5.01 Å². The highest BCUT2D eigenvalue weighted by Gasteiger charge is 2.31. The van der Waals surface area contributed by atoms with Crippen molar-refractivity contribution in [1.29, 1.82) is 0 Å². The Balaban J connectivity index is 1.69. The number of nitrogens with zero attached hydrogens (tertiary/aromatic N) is 2. The molecule has 1 aliphatic carbocycles. The molecule has 3 nitrogen and oxygen atoms in total. The minimum absolute atomic E-state index is 0.547. The number of hydrogen-bond acceptors (Lipinski definition) is 3. The van der Waals surface area contributed by atoms with E-state index in [-0.39, 0.29) is 0 Å². The first-order valence-electron chi connectivity index (χ1n) is 7.93. The molecule has 0 bridgehead atoms. The maximum Gasteiger partial charge on any atom is 0.119 e. The Morgan fingerprint density at radius 3 is 2.73 bits per heavy atom. The Morgan fingerprint density at radius 2 is 1.91 bits per heavy atom. The van der Waals surface area contributed by atoms with Crippen molar-refractivity contribution in [2.75, 3.05) is 18.7 Å². The van der Waals surface area contributed by atoms with Crippen LogP contribution < -0.4 is 9.75 Å². The number of anilines is 1. The quantitative estimate of drug-likeness (QED) is 0.839. The monoisotopic (exact) mass is 292 g/mol. The summed E-state index contributed by atoms with van der Waals surface area (Å²) in [7, 11) is 1.69. The normalized spacial score (nSPS) is 20.0. The summed E-state index contributed by atoms with van der Waals surface area (Å²) in [5.74, 6) is 1.43. The summed E-state index contributed by atoms with van der Waals surface area (Å²) in [6.45, 7) is 0.982. The predicted molar refractivity (Wildman–Crippen MR) is 89.7 cm³/mol. The molecule has 2 aliphatic rings. The van der Waals surface area contributed by atoms with Gasteiger partial charge in [0, 0.05) is 11.5 Å². The molecule has 2 aromatic rings. The predicted octanol–water partition coefficient (Wildman–Crippen LogP) is 3.87. The molecule has 0 radical (unpaired) electrons. The molecule has 1 atom stereocenters. The average Bonchev–Trinajstić information content (AvgIpc) is 2.92. The molecule has 1 aliphatic heterocycles. The molecule has 0 fully saturated rings. The molecule has 0 N–H and O–H groups in total. The zero-order valence-electron chi connectivity index (χ0n) is 12.8. The Bertz CT molecular complexity index is 706. The Kier molecular flexibility index (Phi) is 3.34. The third kappa shape index (κ3) is 2.27. The van der Waals surface area contributed by atoms with Gasteiger partial charge >= 0.3 is 0 Å². The van der Waals surface area contributed by atoms with Crippen LogP contribution in [-0.2, 0) is 6.42 Å². The highest BCUT2D eigenvalue weighted by molar-refractivity contribution is 6.05. The summed E-state index contributed by atoms with van der Waals surface area (Å²) in [5.41, 5.74) is 5.20. The van der Waals surface area contributed by atoms with Crippen LogP contribution in [0.3, 0.4) is 0 Å². The molecule has 3 heteroatoms. The van der Waals surface area contributed by atoms with Gasteiger partial charge in [-0.25, -0.2) is 0 Å². The van der Waals surface area contributed by atoms with Gasteiger partial charge in [0.1, 0.15) is 5.75 Å². The van der Waals surface area contributed by atoms with Gasteiger partial charge < -0.3 is 4.74 Å². The lowest BCUT2D eigenvalue weighted by atomic mass is 9.95. The van der Waals surface area contributed by atoms with Gasteiger partial charge in [-0.2, -0.15) is 5.10 Å². The second-order valence-corrected chi connectivity index (χ2v) is 6.01. The van der Waals surface area contributed by atoms with Crippen molar-refractivity contribution in [1.82, 2.24) is 0 Å². The lowest BCUT2D eigenvalue weighted by Crippen LogP contribution is -2.19. The summed E-state index contributed by atoms with van der Waals surface area (Å²) in [6.07, 6.45) is 3.64. The van der Waals surface area contributed by atoms with E-state index < -0.39 is 0 Å². The molecule has 0 aromatic heterocycles. The summed E-state index contributed by atoms with van der Waals surface area (Å²) >= 11 is 0. The topological polar surface area (TPSA) is 24.8 Å². The summed E-state index contributed by atoms with van der Waals surface area (Å²) in [4.78, 5) is 0. The number of rotatable bonds is 2. The molecular weight excluding hydrogens is 272 g/mol. The van der Waals surface area contributed by atoms with E-state index in [2.05, 4.69) is 41.4 Å². The minimum Gasteiger partial charge on any atom is -0.497 e. The van der Waals surface area contributed by atoms with Crippen LogP contribution >= 0.6 is 0 Å². The van der Waals surface area contributed by atoms with Crippen LogP contribution in [0.15, 0.2) is 53.6 Å². The Hall–Kier alpha value is -2.29. The van der Waals surface area contributed by atoms with Crippen molar-refractivity contribution in [3.63, 3.8) is 0 Å². The van der Waals surface area contributed by atoms with E-state index in [9.17, 15) is 0 Å². The molecule has 0 spiro atoms. The number of ether oxygens (including phenoxy) is 1. The Labute approximate surface area is 131 Å². The molecule has 1 heterocycles. The van der Waals surface area contributed by atoms with E-state index in [1.165, 1.54) is 36.1 Å². The van der Waals surface area contributed by atoms with Gasteiger partial charge in [-0.05, 0) is 49.1 Å². The molecule has 0 amide bonds. The van der Waals surface area contributed by atoms with Crippen LogP contribution in [0.2, 0.25) is 0 Å². The SMILES string of the molecule is COc1ccc(N2C[C@@H]3CCCc4ccccc4C3=N2)cc1. The van der Waals surface area contributed by atoms with Gasteiger partial charge in [0.05, 0.1) is 25.1 Å². The summed E-state index contributed by atoms with van der Waals surface area (Å²) in [6, 6.07) is 16.9. The van der Waals surface area contributed by atoms with Crippen LogP contribution in [0.4, 0.5) is 5.69 Å². The second-order valence-electron chi connectivity index (χ2n) is 6.01. The maximum atomic E-state index is 5.24. The third-order valence-corrected chi connectivity index (χ3v) is 4.67. The zero-order chi connectivity index (χ0) is 14.9. The molecule has 2 aromatic carbocycles. The number of aryl methyl sites for hydroxylation is 1. The van der Waals surface area contributed by atoms with E-state index in [1.54, 1.807) is 7.11 Å². The van der Waals surface area contributed by atoms with Gasteiger partial charge in [0.15, 0.2) is 0 Å². The van der Waals surface area contributed by atoms with E-state index in [1.807, 2.05) is 12.1 Å². The average molecular weight is 292 g/mol. The molecule has 22 heavy (non-hydrogen) atoms. The van der Waals surface area contributed by atoms with Crippen molar-refractivity contribution < 1.29 is 4.74 Å². The Morgan fingerprint density at radius 1 is 1.09 bits per heavy atom. The molecule has 112 valence electrons. The zero-order valence-corrected chi connectivity index (χ0v) is 12.8. The van der Waals surface area contributed by atoms with E-state index >= 15 is 0 Å². The minimum atomic E-state index is 0.547. The number of benzene rings is 2. The number of hydrogen-bond donors (Lipinski definition) is 0. The lowest BCUT2D eigenvalue weighted by Gasteiger charge is -2.16. The van der Waals surface area contributed by atoms with Gasteiger partial charge in [-0.15, -0.1) is 0 Å². The molecule has 4 rings (SSSR count). The van der Waals surface area contributed by atoms with Gasteiger partial charge in [-0.1, -0.05) is 24.3 Å². The molecular formula is C19H20N2O. The fourth-order valence-electron chi connectivity index (χ4n) is 3.49. The van der Waals surface area contributed by atoms with Crippen LogP contribution in [-0.4, -0.2) is 19.4 Å². The number of hydrazone groups is 1. The van der Waals surface area contributed by atoms with Gasteiger partial charge in [0.2, 0.25) is 0 Å². The maximum absolute atomic E-state index is 5.24. The van der Waals surface area contributed by atoms with Crippen LogP contribution in [0.5, 0.6) is 5.75 Å². The number of methoxy groups -OCH3 is 1. The van der Waals surface area contributed by atoms with E-state index in [0.717, 1.165) is 18.0 Å². The lowest BCUT2D eigenvalue weighted by molar-refractivity contribution is 0.415. The largest absolute Gasteiger partial charge is 0.497 e. The highest BCUT2D eigenvalue weighted by atomic mass is 16.5. The molecule has 0 saturated heterocycles. The van der Waals surface area contributed by atoms with Crippen LogP contribution in [0.25, 0.3) is 0 Å². The third-order valence-electron chi connectivity index (χ3n) is 4.67. The first-order valence-corrected chi connectivity index (χ1v) is 7.93. The standard InChI is InChI=1S/C19H20N2O/c1-22-17-11-9-16(10-12-17)21-13-15-7-4-6-14-5-2-3-8-18(14)19(15)20-21/h2-3,5,8-12,15H,4,6-7,13H2,1H3/t15-/m0/s1. The van der Waals surface area contributed by atoms with Crippen molar-refractivity contribution in [2.24, 2.45) is 11.0 Å². The van der Waals surface area contributed by atoms with E-state index in [0.29, 0.717) is 5.92 Å². The van der Waals surface area contributed by atoms with Crippen LogP contribution in [0, 0.1) is 5.92 Å². The first kappa shape index (κ1) is 13.4. The van der Waals surface area contributed by atoms with Gasteiger partial charge in [0.25, 0.3) is 0 Å². The van der Waals surface area contributed by atoms with Crippen molar-refractivity contribution in [3.8, 4) is 5.75 Å². The summed E-state index contributed by atoms with van der Waals surface area (Å²) in [5, 5.41) is 7.09. The van der Waals surface area contributed by atoms with Crippen molar-refractivity contribution >= 4 is 11.4 Å². The fraction of sp³-hybridized carbons (Fsp3) is 0.316. The fourth-order valence-corrected chi connectivity index (χ4v) is 3.49. The highest BCUT2D eigenvalue weighted by Crippen LogP contribution is 2.32. The van der Waals surface area contributed by atoms with E-state index in [4.69, 9.17) is 9.84 Å². The molecule has 0 saturated carbocycles. The molecule has 0 unspecified atom stereocenters. The smallest absolute Gasteiger partial charge is 0.119 e. The first-order chi connectivity index (χ1) is 10.8. The summed E-state index contributed by atoms with van der Waals surface area (Å²) < 4.78 is 5.24. The second kappa shape index (κ2) is 5.48. The number of fused-ring (bicyclic) bond motifs is 3. The van der Waals surface area contributed by atoms with Crippen molar-refractivity contribution in [2.45, 2.75) is 19.3 Å².